The van der Waals surface area contributed by atoms with Crippen LogP contribution in [0.25, 0.3) is 0 Å². The molecule has 2 N–H and O–H groups in total. The van der Waals surface area contributed by atoms with E-state index in [-0.39, 0.29) is 12.4 Å². The van der Waals surface area contributed by atoms with Crippen LogP contribution in [0.1, 0.15) is 19.4 Å². The average molecular weight is 197 g/mol. The van der Waals surface area contributed by atoms with E-state index in [1.165, 1.54) is 6.07 Å². The van der Waals surface area contributed by atoms with Crippen molar-refractivity contribution in [2.24, 2.45) is 11.7 Å². The van der Waals surface area contributed by atoms with E-state index in [2.05, 4.69) is 0 Å². The third kappa shape index (κ3) is 3.00. The molecule has 0 saturated heterocycles. The van der Waals surface area contributed by atoms with Crippen molar-refractivity contribution in [2.45, 2.75) is 20.4 Å². The number of hydrogen-bond acceptors (Lipinski definition) is 2. The molecule has 0 bridgehead atoms. The van der Waals surface area contributed by atoms with Gasteiger partial charge < -0.3 is 10.5 Å². The molecule has 0 aliphatic carbocycles. The molecule has 78 valence electrons. The summed E-state index contributed by atoms with van der Waals surface area (Å²) in [5.41, 5.74) is 5.86. The van der Waals surface area contributed by atoms with E-state index in [1.807, 2.05) is 13.8 Å². The molecule has 1 aromatic carbocycles. The van der Waals surface area contributed by atoms with Gasteiger partial charge in [0, 0.05) is 18.2 Å². The fourth-order valence-electron chi connectivity index (χ4n) is 1.05. The van der Waals surface area contributed by atoms with Gasteiger partial charge in [-0.15, -0.1) is 0 Å². The molecule has 3 heteroatoms. The highest BCUT2D eigenvalue weighted by Crippen LogP contribution is 2.16. The number of ether oxygens (including phenoxy) is 1. The maximum Gasteiger partial charge on any atom is 0.131 e. The van der Waals surface area contributed by atoms with Crippen molar-refractivity contribution in [2.75, 3.05) is 6.61 Å². The summed E-state index contributed by atoms with van der Waals surface area (Å²) < 4.78 is 18.6. The van der Waals surface area contributed by atoms with Crippen LogP contribution in [-0.4, -0.2) is 6.61 Å². The summed E-state index contributed by atoms with van der Waals surface area (Å²) in [7, 11) is 0. The molecule has 0 heterocycles. The van der Waals surface area contributed by atoms with Gasteiger partial charge in [0.25, 0.3) is 0 Å². The van der Waals surface area contributed by atoms with Crippen LogP contribution in [0.5, 0.6) is 5.75 Å². The average Bonchev–Trinajstić information content (AvgIpc) is 2.15. The van der Waals surface area contributed by atoms with E-state index < -0.39 is 0 Å². The summed E-state index contributed by atoms with van der Waals surface area (Å²) >= 11 is 0. The number of halogens is 1. The molecule has 0 unspecified atom stereocenters. The molecule has 0 spiro atoms. The van der Waals surface area contributed by atoms with Crippen molar-refractivity contribution in [1.82, 2.24) is 0 Å². The van der Waals surface area contributed by atoms with Gasteiger partial charge in [-0.2, -0.15) is 0 Å². The van der Waals surface area contributed by atoms with Gasteiger partial charge in [0.05, 0.1) is 6.61 Å². The van der Waals surface area contributed by atoms with Gasteiger partial charge in [0.2, 0.25) is 0 Å². The SMILES string of the molecule is CC(C)COc1ccc(CN)c(F)c1. The van der Waals surface area contributed by atoms with Crippen LogP contribution in [0.4, 0.5) is 4.39 Å². The second kappa shape index (κ2) is 4.96. The lowest BCUT2D eigenvalue weighted by Gasteiger charge is -2.09. The van der Waals surface area contributed by atoms with E-state index in [1.54, 1.807) is 12.1 Å². The molecule has 0 aliphatic heterocycles. The predicted octanol–water partition coefficient (Wildman–Crippen LogP) is 2.32. The molecule has 14 heavy (non-hydrogen) atoms. The molecule has 0 amide bonds. The summed E-state index contributed by atoms with van der Waals surface area (Å²) in [5.74, 6) is 0.703. The van der Waals surface area contributed by atoms with Crippen LogP contribution >= 0.6 is 0 Å². The zero-order valence-electron chi connectivity index (χ0n) is 8.59. The van der Waals surface area contributed by atoms with Crippen molar-refractivity contribution in [3.05, 3.63) is 29.6 Å². The summed E-state index contributed by atoms with van der Waals surface area (Å²) in [5, 5.41) is 0. The number of nitrogens with two attached hydrogens (primary N) is 1. The van der Waals surface area contributed by atoms with Gasteiger partial charge in [0.1, 0.15) is 11.6 Å². The van der Waals surface area contributed by atoms with Gasteiger partial charge in [-0.3, -0.25) is 0 Å². The topological polar surface area (TPSA) is 35.2 Å². The number of rotatable bonds is 4. The molecular weight excluding hydrogens is 181 g/mol. The molecule has 0 aromatic heterocycles. The van der Waals surface area contributed by atoms with Gasteiger partial charge >= 0.3 is 0 Å². The number of hydrogen-bond donors (Lipinski definition) is 1. The Kier molecular flexibility index (Phi) is 3.89. The lowest BCUT2D eigenvalue weighted by Crippen LogP contribution is -2.05. The van der Waals surface area contributed by atoms with E-state index >= 15 is 0 Å². The van der Waals surface area contributed by atoms with Crippen LogP contribution in [0, 0.1) is 11.7 Å². The minimum atomic E-state index is -0.297. The molecule has 0 aliphatic rings. The summed E-state index contributed by atoms with van der Waals surface area (Å²) in [6.07, 6.45) is 0. The minimum Gasteiger partial charge on any atom is -0.493 e. The predicted molar refractivity (Wildman–Crippen MR) is 54.6 cm³/mol. The van der Waals surface area contributed by atoms with Crippen LogP contribution in [-0.2, 0) is 6.54 Å². The monoisotopic (exact) mass is 197 g/mol. The Morgan fingerprint density at radius 3 is 2.64 bits per heavy atom. The summed E-state index contributed by atoms with van der Waals surface area (Å²) in [4.78, 5) is 0. The third-order valence-corrected chi connectivity index (χ3v) is 1.83. The summed E-state index contributed by atoms with van der Waals surface area (Å²) in [6.45, 7) is 4.91. The molecule has 2 nitrogen and oxygen atoms in total. The van der Waals surface area contributed by atoms with E-state index in [0.29, 0.717) is 23.8 Å². The first-order valence-corrected chi connectivity index (χ1v) is 4.74. The minimum absolute atomic E-state index is 0.219. The Morgan fingerprint density at radius 1 is 1.43 bits per heavy atom. The standard InChI is InChI=1S/C11H16FNO/c1-8(2)7-14-10-4-3-9(6-13)11(12)5-10/h3-5,8H,6-7,13H2,1-2H3. The van der Waals surface area contributed by atoms with Gasteiger partial charge in [-0.05, 0) is 12.0 Å². The Morgan fingerprint density at radius 2 is 2.14 bits per heavy atom. The second-order valence-corrected chi connectivity index (χ2v) is 3.66. The molecule has 0 saturated carbocycles. The first-order chi connectivity index (χ1) is 6.63. The van der Waals surface area contributed by atoms with Crippen LogP contribution in [0.15, 0.2) is 18.2 Å². The fourth-order valence-corrected chi connectivity index (χ4v) is 1.05. The Hall–Kier alpha value is -1.09. The van der Waals surface area contributed by atoms with Gasteiger partial charge in [-0.1, -0.05) is 19.9 Å². The highest BCUT2D eigenvalue weighted by Gasteiger charge is 2.03. The van der Waals surface area contributed by atoms with Gasteiger partial charge in [0.15, 0.2) is 0 Å². The van der Waals surface area contributed by atoms with Gasteiger partial charge in [-0.25, -0.2) is 4.39 Å². The molecule has 0 fully saturated rings. The molecule has 0 radical (unpaired) electrons. The van der Waals surface area contributed by atoms with E-state index in [9.17, 15) is 4.39 Å². The normalized spacial score (nSPS) is 10.6. The van der Waals surface area contributed by atoms with E-state index in [4.69, 9.17) is 10.5 Å². The Labute approximate surface area is 83.9 Å². The first-order valence-electron chi connectivity index (χ1n) is 4.74. The molecule has 1 aromatic rings. The lowest BCUT2D eigenvalue weighted by molar-refractivity contribution is 0.270. The smallest absolute Gasteiger partial charge is 0.131 e. The zero-order valence-corrected chi connectivity index (χ0v) is 8.59. The first kappa shape index (κ1) is 11.0. The molecular formula is C11H16FNO. The maximum atomic E-state index is 13.2. The molecule has 1 rings (SSSR count). The second-order valence-electron chi connectivity index (χ2n) is 3.66. The zero-order chi connectivity index (χ0) is 10.6. The highest BCUT2D eigenvalue weighted by atomic mass is 19.1. The number of benzene rings is 1. The summed E-state index contributed by atoms with van der Waals surface area (Å²) in [6, 6.07) is 4.78. The van der Waals surface area contributed by atoms with Crippen LogP contribution in [0.2, 0.25) is 0 Å². The highest BCUT2D eigenvalue weighted by molar-refractivity contribution is 5.28. The third-order valence-electron chi connectivity index (χ3n) is 1.83. The van der Waals surface area contributed by atoms with Crippen molar-refractivity contribution in [3.63, 3.8) is 0 Å². The lowest BCUT2D eigenvalue weighted by atomic mass is 10.2. The molecule has 0 atom stereocenters. The van der Waals surface area contributed by atoms with E-state index in [0.717, 1.165) is 0 Å². The Balaban J connectivity index is 2.66. The van der Waals surface area contributed by atoms with Crippen LogP contribution in [0.3, 0.4) is 0 Å². The van der Waals surface area contributed by atoms with Crippen molar-refractivity contribution < 1.29 is 9.13 Å². The van der Waals surface area contributed by atoms with Crippen molar-refractivity contribution >= 4 is 0 Å². The Bertz CT molecular complexity index is 299. The fraction of sp³-hybridized carbons (Fsp3) is 0.455. The quantitative estimate of drug-likeness (QED) is 0.804. The van der Waals surface area contributed by atoms with Crippen molar-refractivity contribution in [1.29, 1.82) is 0 Å². The largest absolute Gasteiger partial charge is 0.493 e. The van der Waals surface area contributed by atoms with Crippen molar-refractivity contribution in [3.8, 4) is 5.75 Å². The maximum absolute atomic E-state index is 13.2. The van der Waals surface area contributed by atoms with Crippen LogP contribution < -0.4 is 10.5 Å².